The normalized spacial score (nSPS) is 21.6. The fourth-order valence-electron chi connectivity index (χ4n) is 3.70. The molecule has 34 heavy (non-hydrogen) atoms. The predicted molar refractivity (Wildman–Crippen MR) is 126 cm³/mol. The van der Waals surface area contributed by atoms with Crippen LogP contribution in [0, 0.1) is 6.92 Å². The number of aryl methyl sites for hydroxylation is 1. The molecule has 0 spiro atoms. The van der Waals surface area contributed by atoms with Crippen molar-refractivity contribution in [2.45, 2.75) is 24.7 Å². The van der Waals surface area contributed by atoms with Crippen LogP contribution in [0.15, 0.2) is 46.7 Å². The van der Waals surface area contributed by atoms with Gasteiger partial charge in [-0.1, -0.05) is 39.6 Å². The Morgan fingerprint density at radius 2 is 1.91 bits per heavy atom. The molecule has 0 aliphatic carbocycles. The number of nitrogens with zero attached hydrogens (tertiary/aromatic N) is 2. The molecule has 2 aliphatic heterocycles. The Kier molecular flexibility index (Phi) is 6.76. The van der Waals surface area contributed by atoms with Gasteiger partial charge in [-0.2, -0.15) is 24.9 Å². The Labute approximate surface area is 207 Å². The first kappa shape index (κ1) is 24.7. The Bertz CT molecular complexity index is 1180. The second-order valence-electron chi connectivity index (χ2n) is 7.73. The third kappa shape index (κ3) is 4.34. The third-order valence-electron chi connectivity index (χ3n) is 5.40. The van der Waals surface area contributed by atoms with Crippen LogP contribution < -0.4 is 5.32 Å². The van der Waals surface area contributed by atoms with E-state index in [1.165, 1.54) is 18.2 Å². The van der Waals surface area contributed by atoms with E-state index in [-0.39, 0.29) is 33.3 Å². The lowest BCUT2D eigenvalue weighted by atomic mass is 9.84. The van der Waals surface area contributed by atoms with E-state index in [4.69, 9.17) is 32.9 Å². The molecule has 1 N–H and O–H groups in total. The Hall–Kier alpha value is -2.43. The first-order valence-corrected chi connectivity index (χ1v) is 11.9. The van der Waals surface area contributed by atoms with Crippen molar-refractivity contribution in [1.82, 2.24) is 5.32 Å². The van der Waals surface area contributed by atoms with Gasteiger partial charge in [0.25, 0.3) is 5.91 Å². The van der Waals surface area contributed by atoms with Crippen LogP contribution in [0.4, 0.5) is 13.2 Å². The predicted octanol–water partition coefficient (Wildman–Crippen LogP) is 5.34. The average molecular weight is 532 g/mol. The number of amides is 1. The van der Waals surface area contributed by atoms with Gasteiger partial charge in [-0.05, 0) is 42.8 Å². The molecular weight excluding hydrogens is 514 g/mol. The molecule has 1 unspecified atom stereocenters. The summed E-state index contributed by atoms with van der Waals surface area (Å²) in [6.45, 7) is 1.69. The van der Waals surface area contributed by atoms with E-state index in [9.17, 15) is 18.0 Å². The van der Waals surface area contributed by atoms with Crippen LogP contribution in [0.25, 0.3) is 0 Å². The zero-order valence-electron chi connectivity index (χ0n) is 17.9. The summed E-state index contributed by atoms with van der Waals surface area (Å²) in [5, 5.41) is 10.3. The van der Waals surface area contributed by atoms with E-state index < -0.39 is 23.1 Å². The summed E-state index contributed by atoms with van der Waals surface area (Å²) < 4.78 is 43.7. The van der Waals surface area contributed by atoms with Gasteiger partial charge in [0.05, 0.1) is 0 Å². The van der Waals surface area contributed by atoms with Gasteiger partial charge in [0.2, 0.25) is 0 Å². The molecule has 2 aliphatic rings. The molecule has 4 rings (SSSR count). The maximum atomic E-state index is 14.6. The van der Waals surface area contributed by atoms with E-state index in [2.05, 4.69) is 15.6 Å². The van der Waals surface area contributed by atoms with Gasteiger partial charge in [0, 0.05) is 44.3 Å². The lowest BCUT2D eigenvalue weighted by molar-refractivity contribution is -0.250. The molecule has 0 radical (unpaired) electrons. The monoisotopic (exact) mass is 531 g/mol. The molecule has 2 heterocycles. The molecule has 1 fully saturated rings. The van der Waals surface area contributed by atoms with Crippen molar-refractivity contribution in [3.05, 3.63) is 68.7 Å². The Morgan fingerprint density at radius 3 is 2.44 bits per heavy atom. The van der Waals surface area contributed by atoms with E-state index in [0.717, 1.165) is 30.7 Å². The van der Waals surface area contributed by atoms with Crippen molar-refractivity contribution in [2.24, 2.45) is 10.3 Å². The molecule has 6 nitrogen and oxygen atoms in total. The SMILES string of the molecule is CO/N=C1\C(c2ccc(C(=O)NC3CSC3)c(C)c2)=NOC1(c1cc(Cl)cc(Cl)c1)C(F)(F)F. The number of alkyl halides is 3. The van der Waals surface area contributed by atoms with Crippen molar-refractivity contribution >= 4 is 52.3 Å². The fourth-order valence-corrected chi connectivity index (χ4v) is 4.86. The smallest absolute Gasteiger partial charge is 0.399 e. The summed E-state index contributed by atoms with van der Waals surface area (Å²) in [4.78, 5) is 22.4. The summed E-state index contributed by atoms with van der Waals surface area (Å²) >= 11 is 13.7. The van der Waals surface area contributed by atoms with Gasteiger partial charge in [-0.25, -0.2) is 0 Å². The van der Waals surface area contributed by atoms with Crippen molar-refractivity contribution in [2.75, 3.05) is 18.6 Å². The summed E-state index contributed by atoms with van der Waals surface area (Å²) in [5.74, 6) is 1.45. The highest BCUT2D eigenvalue weighted by Crippen LogP contribution is 2.48. The zero-order chi connectivity index (χ0) is 24.7. The number of nitrogens with one attached hydrogen (secondary N) is 1. The molecule has 1 atom stereocenters. The number of hydrogen-bond donors (Lipinski definition) is 1. The fraction of sp³-hybridized carbons (Fsp3) is 0.318. The first-order chi connectivity index (χ1) is 16.1. The van der Waals surface area contributed by atoms with Gasteiger partial charge >= 0.3 is 11.8 Å². The number of rotatable bonds is 5. The third-order valence-corrected chi connectivity index (χ3v) is 7.11. The topological polar surface area (TPSA) is 72.3 Å². The van der Waals surface area contributed by atoms with Gasteiger partial charge in [-0.3, -0.25) is 4.79 Å². The Balaban J connectivity index is 1.75. The number of carbonyl (C=O) groups is 1. The summed E-state index contributed by atoms with van der Waals surface area (Å²) in [5.41, 5.74) is -3.09. The highest BCUT2D eigenvalue weighted by atomic mass is 35.5. The maximum absolute atomic E-state index is 14.6. The number of hydrogen-bond acceptors (Lipinski definition) is 6. The second-order valence-corrected chi connectivity index (χ2v) is 9.68. The molecule has 0 saturated carbocycles. The van der Waals surface area contributed by atoms with E-state index >= 15 is 0 Å². The molecule has 2 aromatic carbocycles. The minimum atomic E-state index is -5.00. The van der Waals surface area contributed by atoms with E-state index in [0.29, 0.717) is 11.1 Å². The minimum Gasteiger partial charge on any atom is -0.399 e. The van der Waals surface area contributed by atoms with Crippen LogP contribution >= 0.6 is 35.0 Å². The number of benzene rings is 2. The molecule has 1 amide bonds. The molecule has 2 aromatic rings. The molecule has 180 valence electrons. The lowest BCUT2D eigenvalue weighted by Gasteiger charge is -2.30. The van der Waals surface area contributed by atoms with Crippen LogP contribution in [0.2, 0.25) is 10.0 Å². The standard InChI is InChI=1S/C22H18Cl2F3N3O3S/c1-11-5-12(3-4-17(11)20(31)28-16-9-34-10-16)18-19(30-32-2)21(33-29-18,22(25,26)27)13-6-14(23)8-15(24)7-13/h3-8,16H,9-10H2,1-2H3,(H,28,31)/b30-19+. The minimum absolute atomic E-state index is 0.0176. The van der Waals surface area contributed by atoms with Crippen LogP contribution in [0.5, 0.6) is 0 Å². The summed E-state index contributed by atoms with van der Waals surface area (Å²) in [7, 11) is 1.12. The average Bonchev–Trinajstić information content (AvgIpc) is 3.10. The van der Waals surface area contributed by atoms with Crippen molar-refractivity contribution in [3.8, 4) is 0 Å². The Morgan fingerprint density at radius 1 is 1.24 bits per heavy atom. The molecule has 0 bridgehead atoms. The number of halogens is 5. The number of carbonyl (C=O) groups excluding carboxylic acids is 1. The largest absolute Gasteiger partial charge is 0.441 e. The maximum Gasteiger partial charge on any atom is 0.441 e. The second kappa shape index (κ2) is 9.31. The van der Waals surface area contributed by atoms with Crippen molar-refractivity contribution in [3.63, 3.8) is 0 Å². The molecule has 0 aromatic heterocycles. The van der Waals surface area contributed by atoms with Gasteiger partial charge in [-0.15, -0.1) is 0 Å². The van der Waals surface area contributed by atoms with E-state index in [1.807, 2.05) is 0 Å². The molecule has 12 heteroatoms. The van der Waals surface area contributed by atoms with Crippen molar-refractivity contribution in [1.29, 1.82) is 0 Å². The van der Waals surface area contributed by atoms with Crippen LogP contribution in [0.1, 0.15) is 27.0 Å². The zero-order valence-corrected chi connectivity index (χ0v) is 20.2. The highest BCUT2D eigenvalue weighted by Gasteiger charge is 2.67. The first-order valence-electron chi connectivity index (χ1n) is 9.98. The molecule has 1 saturated heterocycles. The van der Waals surface area contributed by atoms with Gasteiger partial charge in [0.1, 0.15) is 12.8 Å². The van der Waals surface area contributed by atoms with Crippen molar-refractivity contribution < 1.29 is 27.6 Å². The lowest BCUT2D eigenvalue weighted by Crippen LogP contribution is -2.50. The highest BCUT2D eigenvalue weighted by molar-refractivity contribution is 8.00. The molecular formula is C22H18Cl2F3N3O3S. The number of thioether (sulfide) groups is 1. The van der Waals surface area contributed by atoms with Crippen LogP contribution in [-0.4, -0.2) is 48.2 Å². The summed E-state index contributed by atoms with van der Waals surface area (Å²) in [6.07, 6.45) is -5.00. The quantitative estimate of drug-likeness (QED) is 0.528. The van der Waals surface area contributed by atoms with Crippen LogP contribution in [0.3, 0.4) is 0 Å². The van der Waals surface area contributed by atoms with Gasteiger partial charge in [0.15, 0.2) is 5.71 Å². The van der Waals surface area contributed by atoms with Gasteiger partial charge < -0.3 is 15.0 Å². The number of oxime groups is 2. The van der Waals surface area contributed by atoms with Crippen LogP contribution in [-0.2, 0) is 15.3 Å². The van der Waals surface area contributed by atoms with E-state index in [1.54, 1.807) is 24.8 Å². The summed E-state index contributed by atoms with van der Waals surface area (Å²) in [6, 6.07) is 8.15.